The summed E-state index contributed by atoms with van der Waals surface area (Å²) in [7, 11) is 0. The van der Waals surface area contributed by atoms with Crippen molar-refractivity contribution < 1.29 is 26.7 Å². The van der Waals surface area contributed by atoms with E-state index in [1.165, 1.54) is 12.3 Å². The molecule has 0 unspecified atom stereocenters. The number of piperidine rings is 1. The highest BCUT2D eigenvalue weighted by atomic mass is 19.4. The number of imidazole rings is 1. The number of halogens is 5. The average molecular weight is 443 g/mol. The van der Waals surface area contributed by atoms with Crippen molar-refractivity contribution in [2.75, 3.05) is 25.4 Å². The number of hydrogen-bond acceptors (Lipinski definition) is 5. The molecular weight excluding hydrogens is 421 g/mol. The summed E-state index contributed by atoms with van der Waals surface area (Å²) in [5, 5.41) is 0. The van der Waals surface area contributed by atoms with Gasteiger partial charge in [0.2, 0.25) is 0 Å². The number of alkyl halides is 5. The maximum atomic E-state index is 12.7. The van der Waals surface area contributed by atoms with Gasteiger partial charge < -0.3 is 15.0 Å². The zero-order chi connectivity index (χ0) is 21.9. The SMILES string of the molecule is Nc1ncc(-c2cn([C@@H]3[C@@H]4CN(CC(F)F)C[C@@H]43)c(CC3CC3)n2)cc1OC(F)(F)F. The van der Waals surface area contributed by atoms with Crippen LogP contribution in [0.5, 0.6) is 5.75 Å². The molecule has 1 saturated heterocycles. The number of fused-ring (bicyclic) bond motifs is 1. The molecule has 2 N–H and O–H groups in total. The summed E-state index contributed by atoms with van der Waals surface area (Å²) in [5.41, 5.74) is 6.42. The minimum atomic E-state index is -4.87. The van der Waals surface area contributed by atoms with Crippen molar-refractivity contribution in [2.45, 2.75) is 38.1 Å². The first kappa shape index (κ1) is 20.5. The zero-order valence-corrected chi connectivity index (χ0v) is 16.5. The van der Waals surface area contributed by atoms with Gasteiger partial charge in [0.05, 0.1) is 12.2 Å². The maximum Gasteiger partial charge on any atom is 0.573 e. The molecule has 2 aliphatic carbocycles. The summed E-state index contributed by atoms with van der Waals surface area (Å²) < 4.78 is 69.4. The molecule has 168 valence electrons. The van der Waals surface area contributed by atoms with Crippen molar-refractivity contribution in [1.82, 2.24) is 19.4 Å². The molecule has 0 radical (unpaired) electrons. The second kappa shape index (κ2) is 7.32. The Labute approximate surface area is 175 Å². The molecule has 0 amide bonds. The summed E-state index contributed by atoms with van der Waals surface area (Å²) in [6.45, 7) is 1.05. The quantitative estimate of drug-likeness (QED) is 0.661. The van der Waals surface area contributed by atoms with Crippen LogP contribution in [0.3, 0.4) is 0 Å². The lowest BCUT2D eigenvalue weighted by Gasteiger charge is -2.19. The van der Waals surface area contributed by atoms with E-state index in [1.54, 1.807) is 4.90 Å². The van der Waals surface area contributed by atoms with Crippen LogP contribution in [0.4, 0.5) is 27.8 Å². The van der Waals surface area contributed by atoms with Crippen molar-refractivity contribution in [2.24, 2.45) is 17.8 Å². The minimum Gasteiger partial charge on any atom is -0.402 e. The predicted octanol–water partition coefficient (Wildman–Crippen LogP) is 3.75. The largest absolute Gasteiger partial charge is 0.573 e. The number of likely N-dealkylation sites (tertiary alicyclic amines) is 1. The first-order chi connectivity index (χ1) is 14.7. The van der Waals surface area contributed by atoms with Gasteiger partial charge in [-0.15, -0.1) is 13.2 Å². The van der Waals surface area contributed by atoms with Crippen LogP contribution in [-0.4, -0.2) is 51.9 Å². The van der Waals surface area contributed by atoms with Crippen molar-refractivity contribution in [3.05, 3.63) is 24.3 Å². The van der Waals surface area contributed by atoms with Gasteiger partial charge in [-0.05, 0) is 36.7 Å². The third-order valence-electron chi connectivity index (χ3n) is 6.32. The highest BCUT2D eigenvalue weighted by Gasteiger charge is 2.57. The lowest BCUT2D eigenvalue weighted by atomic mass is 10.2. The molecule has 0 bridgehead atoms. The smallest absolute Gasteiger partial charge is 0.402 e. The van der Waals surface area contributed by atoms with E-state index in [-0.39, 0.29) is 18.4 Å². The second-order valence-electron chi connectivity index (χ2n) is 8.68. The summed E-state index contributed by atoms with van der Waals surface area (Å²) in [6.07, 6.45) is -0.935. The van der Waals surface area contributed by atoms with Crippen molar-refractivity contribution >= 4 is 5.82 Å². The standard InChI is InChI=1S/C20H22F5N5O/c21-16(22)9-29-6-12-13(7-29)18(12)30-8-14(28-17(30)3-10-1-2-10)11-4-15(19(26)27-5-11)31-20(23,24)25/h4-5,8,10,12-13,16,18H,1-3,6-7,9H2,(H2,26,27)/t12-,13+,18-. The van der Waals surface area contributed by atoms with Crippen LogP contribution in [0.1, 0.15) is 24.7 Å². The fourth-order valence-corrected chi connectivity index (χ4v) is 4.70. The van der Waals surface area contributed by atoms with Crippen LogP contribution in [0, 0.1) is 17.8 Å². The molecule has 3 heterocycles. The topological polar surface area (TPSA) is 69.2 Å². The van der Waals surface area contributed by atoms with E-state index in [0.29, 0.717) is 42.1 Å². The van der Waals surface area contributed by atoms with E-state index in [4.69, 9.17) is 10.7 Å². The molecule has 3 aliphatic rings. The fourth-order valence-electron chi connectivity index (χ4n) is 4.70. The van der Waals surface area contributed by atoms with E-state index in [2.05, 4.69) is 14.3 Å². The molecule has 2 aromatic rings. The molecule has 2 aromatic heterocycles. The molecule has 0 spiro atoms. The summed E-state index contributed by atoms with van der Waals surface area (Å²) >= 11 is 0. The van der Waals surface area contributed by atoms with Crippen LogP contribution in [0.15, 0.2) is 18.5 Å². The molecule has 1 aliphatic heterocycles. The van der Waals surface area contributed by atoms with Crippen LogP contribution < -0.4 is 10.5 Å². The van der Waals surface area contributed by atoms with E-state index in [0.717, 1.165) is 25.1 Å². The Morgan fingerprint density at radius 3 is 2.52 bits per heavy atom. The Morgan fingerprint density at radius 2 is 1.90 bits per heavy atom. The molecule has 3 atom stereocenters. The molecule has 6 nitrogen and oxygen atoms in total. The van der Waals surface area contributed by atoms with Gasteiger partial charge in [0.1, 0.15) is 5.82 Å². The first-order valence-corrected chi connectivity index (χ1v) is 10.3. The Hall–Kier alpha value is -2.43. The summed E-state index contributed by atoms with van der Waals surface area (Å²) in [4.78, 5) is 10.3. The zero-order valence-electron chi connectivity index (χ0n) is 16.5. The van der Waals surface area contributed by atoms with Gasteiger partial charge in [-0.1, -0.05) is 0 Å². The van der Waals surface area contributed by atoms with E-state index in [1.807, 2.05) is 6.20 Å². The van der Waals surface area contributed by atoms with Crippen LogP contribution in [0.25, 0.3) is 11.3 Å². The fraction of sp³-hybridized carbons (Fsp3) is 0.600. The Balaban J connectivity index is 1.39. The Kier molecular flexibility index (Phi) is 4.83. The van der Waals surface area contributed by atoms with E-state index < -0.39 is 18.5 Å². The molecule has 31 heavy (non-hydrogen) atoms. The molecule has 2 saturated carbocycles. The average Bonchev–Trinajstić information content (AvgIpc) is 3.51. The Bertz CT molecular complexity index is 961. The van der Waals surface area contributed by atoms with E-state index >= 15 is 0 Å². The van der Waals surface area contributed by atoms with Crippen molar-refractivity contribution in [1.29, 1.82) is 0 Å². The maximum absolute atomic E-state index is 12.7. The molecular formula is C20H22F5N5O. The van der Waals surface area contributed by atoms with Gasteiger partial charge in [0.15, 0.2) is 11.6 Å². The molecule has 3 fully saturated rings. The third kappa shape index (κ3) is 4.32. The van der Waals surface area contributed by atoms with Gasteiger partial charge in [0, 0.05) is 43.5 Å². The number of anilines is 1. The van der Waals surface area contributed by atoms with Gasteiger partial charge in [-0.2, -0.15) is 0 Å². The summed E-state index contributed by atoms with van der Waals surface area (Å²) in [5.74, 6) is 1.13. The van der Waals surface area contributed by atoms with Gasteiger partial charge in [-0.3, -0.25) is 4.90 Å². The first-order valence-electron chi connectivity index (χ1n) is 10.3. The minimum absolute atomic E-state index is 0.191. The lowest BCUT2D eigenvalue weighted by molar-refractivity contribution is -0.274. The molecule has 5 rings (SSSR count). The number of rotatable bonds is 7. The number of aromatic nitrogens is 3. The number of ether oxygens (including phenoxy) is 1. The monoisotopic (exact) mass is 443 g/mol. The molecule has 0 aromatic carbocycles. The van der Waals surface area contributed by atoms with Crippen LogP contribution in [-0.2, 0) is 6.42 Å². The number of hydrogen-bond donors (Lipinski definition) is 1. The number of nitrogens with zero attached hydrogens (tertiary/aromatic N) is 4. The van der Waals surface area contributed by atoms with Gasteiger partial charge >= 0.3 is 6.36 Å². The lowest BCUT2D eigenvalue weighted by Crippen LogP contribution is -2.30. The van der Waals surface area contributed by atoms with Crippen molar-refractivity contribution in [3.63, 3.8) is 0 Å². The van der Waals surface area contributed by atoms with E-state index in [9.17, 15) is 22.0 Å². The Morgan fingerprint density at radius 1 is 1.19 bits per heavy atom. The third-order valence-corrected chi connectivity index (χ3v) is 6.32. The van der Waals surface area contributed by atoms with Gasteiger partial charge in [0.25, 0.3) is 6.43 Å². The predicted molar refractivity (Wildman–Crippen MR) is 101 cm³/mol. The van der Waals surface area contributed by atoms with Gasteiger partial charge in [-0.25, -0.2) is 18.7 Å². The number of nitrogens with two attached hydrogens (primary N) is 1. The number of pyridine rings is 1. The number of nitrogen functional groups attached to an aromatic ring is 1. The molecule has 11 heteroatoms. The highest BCUT2D eigenvalue weighted by Crippen LogP contribution is 2.56. The van der Waals surface area contributed by atoms with Crippen LogP contribution in [0.2, 0.25) is 0 Å². The normalized spacial score (nSPS) is 25.8. The second-order valence-corrected chi connectivity index (χ2v) is 8.68. The van der Waals surface area contributed by atoms with Crippen molar-refractivity contribution in [3.8, 4) is 17.0 Å². The van der Waals surface area contributed by atoms with Crippen LogP contribution >= 0.6 is 0 Å². The highest BCUT2D eigenvalue weighted by molar-refractivity contribution is 5.64. The summed E-state index contributed by atoms with van der Waals surface area (Å²) in [6, 6.07) is 1.39.